The molecule has 1 amide bonds. The molecule has 0 spiro atoms. The lowest BCUT2D eigenvalue weighted by molar-refractivity contribution is -0.122. The van der Waals surface area contributed by atoms with Gasteiger partial charge in [-0.3, -0.25) is 4.79 Å². The van der Waals surface area contributed by atoms with Crippen LogP contribution in [-0.4, -0.2) is 22.1 Å². The van der Waals surface area contributed by atoms with Crippen LogP contribution >= 0.6 is 11.6 Å². The van der Waals surface area contributed by atoms with Crippen molar-refractivity contribution >= 4 is 17.5 Å². The third-order valence-electron chi connectivity index (χ3n) is 4.46. The van der Waals surface area contributed by atoms with Crippen LogP contribution in [-0.2, 0) is 4.79 Å². The average molecular weight is 349 g/mol. The fraction of sp³-hybridized carbons (Fsp3) is 0.471. The Morgan fingerprint density at radius 2 is 2.17 bits per heavy atom. The summed E-state index contributed by atoms with van der Waals surface area (Å²) in [6.07, 6.45) is 3.58. The number of amides is 1. The summed E-state index contributed by atoms with van der Waals surface area (Å²) in [6.45, 7) is 1.84. The minimum atomic E-state index is -0.320. The van der Waals surface area contributed by atoms with E-state index in [2.05, 4.69) is 15.5 Å². The van der Waals surface area contributed by atoms with Gasteiger partial charge in [0.25, 0.3) is 5.89 Å². The predicted molar refractivity (Wildman–Crippen MR) is 91.2 cm³/mol. The zero-order valence-corrected chi connectivity index (χ0v) is 14.3. The Bertz CT molecular complexity index is 701. The maximum Gasteiger partial charge on any atom is 0.257 e. The number of halogens is 1. The highest BCUT2D eigenvalue weighted by atomic mass is 35.5. The summed E-state index contributed by atoms with van der Waals surface area (Å²) in [4.78, 5) is 16.5. The van der Waals surface area contributed by atoms with Crippen LogP contribution in [0.4, 0.5) is 0 Å². The maximum absolute atomic E-state index is 12.2. The highest BCUT2D eigenvalue weighted by molar-refractivity contribution is 6.30. The molecule has 24 heavy (non-hydrogen) atoms. The molecule has 1 aliphatic carbocycles. The second kappa shape index (κ2) is 7.32. The third kappa shape index (κ3) is 3.94. The quantitative estimate of drug-likeness (QED) is 0.865. The number of hydrogen-bond donors (Lipinski definition) is 2. The molecule has 0 saturated heterocycles. The number of benzene rings is 1. The topological polar surface area (TPSA) is 94.0 Å². The van der Waals surface area contributed by atoms with Gasteiger partial charge in [-0.25, -0.2) is 0 Å². The number of hydrogen-bond acceptors (Lipinski definition) is 5. The average Bonchev–Trinajstić information content (AvgIpc) is 3.18. The van der Waals surface area contributed by atoms with Crippen LogP contribution in [0.15, 0.2) is 28.8 Å². The van der Waals surface area contributed by atoms with Crippen LogP contribution in [0.1, 0.15) is 44.5 Å². The first-order chi connectivity index (χ1) is 11.5. The first kappa shape index (κ1) is 16.9. The van der Waals surface area contributed by atoms with Crippen molar-refractivity contribution in [3.63, 3.8) is 0 Å². The smallest absolute Gasteiger partial charge is 0.257 e. The summed E-state index contributed by atoms with van der Waals surface area (Å²) in [5, 5.41) is 7.52. The summed E-state index contributed by atoms with van der Waals surface area (Å²) in [7, 11) is 0. The van der Waals surface area contributed by atoms with Gasteiger partial charge in [-0.05, 0) is 49.9 Å². The van der Waals surface area contributed by atoms with Gasteiger partial charge in [0.05, 0.1) is 6.04 Å². The molecule has 1 heterocycles. The van der Waals surface area contributed by atoms with Crippen LogP contribution in [0.25, 0.3) is 11.5 Å². The van der Waals surface area contributed by atoms with Crippen molar-refractivity contribution in [3.8, 4) is 11.5 Å². The Labute approximate surface area is 145 Å². The zero-order chi connectivity index (χ0) is 17.1. The monoisotopic (exact) mass is 348 g/mol. The molecule has 1 fully saturated rings. The summed E-state index contributed by atoms with van der Waals surface area (Å²) in [6, 6.07) is 6.95. The first-order valence-electron chi connectivity index (χ1n) is 8.17. The second-order valence-corrected chi connectivity index (χ2v) is 6.75. The van der Waals surface area contributed by atoms with E-state index in [0.717, 1.165) is 24.8 Å². The summed E-state index contributed by atoms with van der Waals surface area (Å²) in [5.41, 5.74) is 6.80. The van der Waals surface area contributed by atoms with Gasteiger partial charge in [-0.1, -0.05) is 23.2 Å². The van der Waals surface area contributed by atoms with Crippen molar-refractivity contribution in [2.45, 2.75) is 44.7 Å². The van der Waals surface area contributed by atoms with Gasteiger partial charge in [-0.2, -0.15) is 4.98 Å². The SMILES string of the molecule is CC(NC(=O)C[C@@H]1CCC[C@H]1N)c1noc(-c2ccc(Cl)cc2)n1. The van der Waals surface area contributed by atoms with Gasteiger partial charge in [0.2, 0.25) is 5.91 Å². The van der Waals surface area contributed by atoms with Crippen LogP contribution in [0.2, 0.25) is 5.02 Å². The number of aromatic nitrogens is 2. The van der Waals surface area contributed by atoms with Crippen LogP contribution in [0.3, 0.4) is 0 Å². The predicted octanol–water partition coefficient (Wildman–Crippen LogP) is 3.08. The standard InChI is InChI=1S/C17H21ClN4O2/c1-10(20-15(23)9-12-3-2-4-14(12)19)16-21-17(24-22-16)11-5-7-13(18)8-6-11/h5-8,10,12,14H,2-4,9,19H2,1H3,(H,20,23)/t10?,12-,14+/m0/s1. The molecular weight excluding hydrogens is 328 g/mol. The summed E-state index contributed by atoms with van der Waals surface area (Å²) >= 11 is 5.87. The fourth-order valence-electron chi connectivity index (χ4n) is 3.04. The van der Waals surface area contributed by atoms with Crippen molar-refractivity contribution in [2.75, 3.05) is 0 Å². The molecule has 6 nitrogen and oxygen atoms in total. The number of nitrogens with two attached hydrogens (primary N) is 1. The van der Waals surface area contributed by atoms with Crippen molar-refractivity contribution in [2.24, 2.45) is 11.7 Å². The molecule has 1 aliphatic rings. The number of nitrogens with zero attached hydrogens (tertiary/aromatic N) is 2. The molecule has 3 rings (SSSR count). The molecule has 1 aromatic heterocycles. The molecule has 1 unspecified atom stereocenters. The lowest BCUT2D eigenvalue weighted by atomic mass is 10.00. The molecule has 3 N–H and O–H groups in total. The van der Waals surface area contributed by atoms with E-state index in [-0.39, 0.29) is 23.9 Å². The van der Waals surface area contributed by atoms with Crippen LogP contribution in [0, 0.1) is 5.92 Å². The Balaban J connectivity index is 1.60. The van der Waals surface area contributed by atoms with E-state index in [9.17, 15) is 4.79 Å². The molecule has 0 radical (unpaired) electrons. The van der Waals surface area contributed by atoms with E-state index < -0.39 is 0 Å². The van der Waals surface area contributed by atoms with E-state index >= 15 is 0 Å². The van der Waals surface area contributed by atoms with E-state index in [1.807, 2.05) is 19.1 Å². The van der Waals surface area contributed by atoms with Crippen molar-refractivity contribution in [1.82, 2.24) is 15.5 Å². The molecule has 7 heteroatoms. The third-order valence-corrected chi connectivity index (χ3v) is 4.72. The Kier molecular flexibility index (Phi) is 5.16. The normalized spacial score (nSPS) is 21.6. The Morgan fingerprint density at radius 3 is 2.83 bits per heavy atom. The van der Waals surface area contributed by atoms with Gasteiger partial charge < -0.3 is 15.6 Å². The zero-order valence-electron chi connectivity index (χ0n) is 13.5. The summed E-state index contributed by atoms with van der Waals surface area (Å²) in [5.74, 6) is 1.10. The lowest BCUT2D eigenvalue weighted by Crippen LogP contribution is -2.33. The van der Waals surface area contributed by atoms with E-state index in [1.165, 1.54) is 0 Å². The summed E-state index contributed by atoms with van der Waals surface area (Å²) < 4.78 is 5.27. The highest BCUT2D eigenvalue weighted by Gasteiger charge is 2.27. The Morgan fingerprint density at radius 1 is 1.42 bits per heavy atom. The van der Waals surface area contributed by atoms with Crippen molar-refractivity contribution in [1.29, 1.82) is 0 Å². The molecular formula is C17H21ClN4O2. The number of carbonyl (C=O) groups excluding carboxylic acids is 1. The van der Waals surface area contributed by atoms with Crippen molar-refractivity contribution < 1.29 is 9.32 Å². The molecule has 1 aromatic carbocycles. The van der Waals surface area contributed by atoms with Crippen molar-refractivity contribution in [3.05, 3.63) is 35.1 Å². The molecule has 0 bridgehead atoms. The van der Waals surface area contributed by atoms with E-state index in [1.54, 1.807) is 12.1 Å². The van der Waals surface area contributed by atoms with Gasteiger partial charge in [0.1, 0.15) is 0 Å². The van der Waals surface area contributed by atoms with Crippen LogP contribution in [0.5, 0.6) is 0 Å². The van der Waals surface area contributed by atoms with Gasteiger partial charge in [0.15, 0.2) is 5.82 Å². The van der Waals surface area contributed by atoms with Gasteiger partial charge in [-0.15, -0.1) is 0 Å². The first-order valence-corrected chi connectivity index (χ1v) is 8.55. The largest absolute Gasteiger partial charge is 0.346 e. The van der Waals surface area contributed by atoms with Gasteiger partial charge in [0, 0.05) is 23.0 Å². The minimum absolute atomic E-state index is 0.0253. The highest BCUT2D eigenvalue weighted by Crippen LogP contribution is 2.27. The fourth-order valence-corrected chi connectivity index (χ4v) is 3.17. The van der Waals surface area contributed by atoms with E-state index in [4.69, 9.17) is 21.9 Å². The van der Waals surface area contributed by atoms with E-state index in [0.29, 0.717) is 23.2 Å². The lowest BCUT2D eigenvalue weighted by Gasteiger charge is -2.16. The molecule has 3 atom stereocenters. The molecule has 1 saturated carbocycles. The Hall–Kier alpha value is -1.92. The van der Waals surface area contributed by atoms with Gasteiger partial charge >= 0.3 is 0 Å². The molecule has 128 valence electrons. The minimum Gasteiger partial charge on any atom is -0.346 e. The maximum atomic E-state index is 12.2. The van der Waals surface area contributed by atoms with Crippen LogP contribution < -0.4 is 11.1 Å². The molecule has 2 aromatic rings. The number of carbonyl (C=O) groups is 1. The molecule has 0 aliphatic heterocycles. The number of nitrogens with one attached hydrogen (secondary N) is 1. The second-order valence-electron chi connectivity index (χ2n) is 6.31. The number of rotatable bonds is 5.